The summed E-state index contributed by atoms with van der Waals surface area (Å²) in [6.07, 6.45) is 0. The number of nitrogens with zero attached hydrogens (tertiary/aromatic N) is 2. The normalized spacial score (nSPS) is 14.0. The molecule has 3 amide bonds. The van der Waals surface area contributed by atoms with E-state index in [1.54, 1.807) is 48.5 Å². The van der Waals surface area contributed by atoms with E-state index in [0.717, 1.165) is 10.6 Å². The lowest BCUT2D eigenvalue weighted by Gasteiger charge is -2.17. The van der Waals surface area contributed by atoms with E-state index < -0.39 is 17.6 Å². The Labute approximate surface area is 156 Å². The summed E-state index contributed by atoms with van der Waals surface area (Å²) in [5, 5.41) is 12.9. The Bertz CT molecular complexity index is 944. The average molecular weight is 365 g/mol. The van der Waals surface area contributed by atoms with Gasteiger partial charge in [0.1, 0.15) is 0 Å². The minimum Gasteiger partial charge on any atom is -0.502 e. The van der Waals surface area contributed by atoms with Crippen LogP contribution in [-0.2, 0) is 14.4 Å². The Morgan fingerprint density at radius 3 is 2.07 bits per heavy atom. The van der Waals surface area contributed by atoms with Gasteiger partial charge < -0.3 is 15.3 Å². The minimum absolute atomic E-state index is 0.0638. The molecule has 0 aromatic heterocycles. The van der Waals surface area contributed by atoms with E-state index in [-0.39, 0.29) is 11.5 Å². The summed E-state index contributed by atoms with van der Waals surface area (Å²) >= 11 is 0. The molecule has 2 aromatic rings. The molecule has 0 aliphatic carbocycles. The van der Waals surface area contributed by atoms with E-state index in [2.05, 4.69) is 5.32 Å². The highest BCUT2D eigenvalue weighted by Crippen LogP contribution is 2.33. The topological polar surface area (TPSA) is 89.9 Å². The Morgan fingerprint density at radius 2 is 1.56 bits per heavy atom. The highest BCUT2D eigenvalue weighted by molar-refractivity contribution is 6.44. The van der Waals surface area contributed by atoms with Crippen molar-refractivity contribution in [2.75, 3.05) is 29.2 Å². The number of amides is 3. The van der Waals surface area contributed by atoms with Gasteiger partial charge in [-0.05, 0) is 42.0 Å². The lowest BCUT2D eigenvalue weighted by atomic mass is 10.1. The van der Waals surface area contributed by atoms with Crippen LogP contribution in [-0.4, -0.2) is 36.9 Å². The van der Waals surface area contributed by atoms with Gasteiger partial charge in [0.15, 0.2) is 5.76 Å². The molecule has 0 unspecified atom stereocenters. The quantitative estimate of drug-likeness (QED) is 0.813. The van der Waals surface area contributed by atoms with Crippen LogP contribution in [0.15, 0.2) is 54.3 Å². The number of hydrogen-bond donors (Lipinski definition) is 2. The van der Waals surface area contributed by atoms with Crippen molar-refractivity contribution >= 4 is 40.4 Å². The highest BCUT2D eigenvalue weighted by atomic mass is 16.3. The average Bonchev–Trinajstić information content (AvgIpc) is 2.85. The maximum absolute atomic E-state index is 12.8. The van der Waals surface area contributed by atoms with Crippen LogP contribution in [0, 0.1) is 0 Å². The van der Waals surface area contributed by atoms with Gasteiger partial charge in [-0.15, -0.1) is 0 Å². The number of aliphatic hydroxyl groups excluding tert-OH is 1. The van der Waals surface area contributed by atoms with Gasteiger partial charge in [-0.25, -0.2) is 4.90 Å². The molecule has 2 aromatic carbocycles. The Hall–Kier alpha value is -3.61. The van der Waals surface area contributed by atoms with Gasteiger partial charge in [-0.3, -0.25) is 14.4 Å². The van der Waals surface area contributed by atoms with E-state index in [1.165, 1.54) is 6.92 Å². The fourth-order valence-electron chi connectivity index (χ4n) is 2.84. The van der Waals surface area contributed by atoms with E-state index >= 15 is 0 Å². The second kappa shape index (κ2) is 6.95. The van der Waals surface area contributed by atoms with Crippen molar-refractivity contribution in [1.82, 2.24) is 0 Å². The summed E-state index contributed by atoms with van der Waals surface area (Å²) in [4.78, 5) is 39.2. The smallest absolute Gasteiger partial charge is 0.301 e. The van der Waals surface area contributed by atoms with Crippen molar-refractivity contribution < 1.29 is 19.5 Å². The fraction of sp³-hybridized carbons (Fsp3) is 0.150. The molecule has 0 fully saturated rings. The zero-order valence-corrected chi connectivity index (χ0v) is 15.2. The van der Waals surface area contributed by atoms with Crippen LogP contribution in [0.2, 0.25) is 0 Å². The molecule has 2 N–H and O–H groups in total. The maximum Gasteiger partial charge on any atom is 0.301 e. The van der Waals surface area contributed by atoms with Gasteiger partial charge in [0, 0.05) is 32.4 Å². The van der Waals surface area contributed by atoms with Crippen LogP contribution < -0.4 is 15.1 Å². The number of aliphatic hydroxyl groups is 1. The van der Waals surface area contributed by atoms with Crippen molar-refractivity contribution in [3.05, 3.63) is 59.9 Å². The van der Waals surface area contributed by atoms with E-state index in [9.17, 15) is 19.5 Å². The molecule has 1 aliphatic rings. The first-order valence-corrected chi connectivity index (χ1v) is 8.27. The molecule has 0 spiro atoms. The first-order valence-electron chi connectivity index (χ1n) is 8.27. The maximum atomic E-state index is 12.8. The van der Waals surface area contributed by atoms with Crippen LogP contribution in [0.25, 0.3) is 5.57 Å². The van der Waals surface area contributed by atoms with Crippen molar-refractivity contribution in [3.8, 4) is 0 Å². The molecule has 27 heavy (non-hydrogen) atoms. The minimum atomic E-state index is -0.765. The molecule has 138 valence electrons. The number of carbonyl (C=O) groups is 3. The number of imide groups is 1. The van der Waals surface area contributed by atoms with Crippen LogP contribution in [0.4, 0.5) is 17.1 Å². The van der Waals surface area contributed by atoms with Gasteiger partial charge in [0.2, 0.25) is 5.91 Å². The summed E-state index contributed by atoms with van der Waals surface area (Å²) in [5.41, 5.74) is 2.19. The standard InChI is InChI=1S/C20H19N3O4/c1-12(24)21-14-6-4-13(5-7-14)17-18(25)20(27)23(19(17)26)16-10-8-15(9-11-16)22(2)3/h4-11,25H,1-3H3,(H,21,24). The van der Waals surface area contributed by atoms with Gasteiger partial charge in [0.05, 0.1) is 11.3 Å². The summed E-state index contributed by atoms with van der Waals surface area (Å²) in [7, 11) is 3.77. The summed E-state index contributed by atoms with van der Waals surface area (Å²) in [6.45, 7) is 1.39. The van der Waals surface area contributed by atoms with E-state index in [4.69, 9.17) is 0 Å². The third kappa shape index (κ3) is 3.39. The zero-order valence-electron chi connectivity index (χ0n) is 15.2. The second-order valence-corrected chi connectivity index (χ2v) is 6.34. The van der Waals surface area contributed by atoms with Crippen LogP contribution >= 0.6 is 0 Å². The van der Waals surface area contributed by atoms with Crippen LogP contribution in [0.3, 0.4) is 0 Å². The summed E-state index contributed by atoms with van der Waals surface area (Å²) < 4.78 is 0. The molecule has 0 saturated heterocycles. The highest BCUT2D eigenvalue weighted by Gasteiger charge is 2.40. The summed E-state index contributed by atoms with van der Waals surface area (Å²) in [6, 6.07) is 13.2. The Kier molecular flexibility index (Phi) is 4.68. The van der Waals surface area contributed by atoms with Gasteiger partial charge in [-0.2, -0.15) is 0 Å². The number of carbonyl (C=O) groups excluding carboxylic acids is 3. The monoisotopic (exact) mass is 365 g/mol. The molecule has 0 atom stereocenters. The molecule has 0 bridgehead atoms. The third-order valence-corrected chi connectivity index (χ3v) is 4.18. The first kappa shape index (κ1) is 18.2. The molecule has 3 rings (SSSR count). The lowest BCUT2D eigenvalue weighted by molar-refractivity contribution is -0.121. The fourth-order valence-corrected chi connectivity index (χ4v) is 2.84. The Morgan fingerprint density at radius 1 is 0.963 bits per heavy atom. The predicted molar refractivity (Wildman–Crippen MR) is 104 cm³/mol. The van der Waals surface area contributed by atoms with Crippen LogP contribution in [0.1, 0.15) is 12.5 Å². The van der Waals surface area contributed by atoms with Crippen molar-refractivity contribution in [2.24, 2.45) is 0 Å². The zero-order chi connectivity index (χ0) is 19.7. The number of nitrogens with one attached hydrogen (secondary N) is 1. The number of benzene rings is 2. The molecular formula is C20H19N3O4. The largest absolute Gasteiger partial charge is 0.502 e. The number of rotatable bonds is 4. The third-order valence-electron chi connectivity index (χ3n) is 4.18. The van der Waals surface area contributed by atoms with Gasteiger partial charge >= 0.3 is 5.91 Å². The molecule has 7 nitrogen and oxygen atoms in total. The molecule has 7 heteroatoms. The SMILES string of the molecule is CC(=O)Nc1ccc(C2=C(O)C(=O)N(c3ccc(N(C)C)cc3)C2=O)cc1. The van der Waals surface area contributed by atoms with Gasteiger partial charge in [-0.1, -0.05) is 12.1 Å². The lowest BCUT2D eigenvalue weighted by Crippen LogP contribution is -2.31. The second-order valence-electron chi connectivity index (χ2n) is 6.34. The van der Waals surface area contributed by atoms with Crippen LogP contribution in [0.5, 0.6) is 0 Å². The summed E-state index contributed by atoms with van der Waals surface area (Å²) in [5.74, 6) is -2.17. The molecule has 0 saturated carbocycles. The number of anilines is 3. The first-order chi connectivity index (χ1) is 12.8. The Balaban J connectivity index is 1.91. The number of hydrogen-bond acceptors (Lipinski definition) is 5. The van der Waals surface area contributed by atoms with Crippen molar-refractivity contribution in [2.45, 2.75) is 6.92 Å². The van der Waals surface area contributed by atoms with Crippen molar-refractivity contribution in [3.63, 3.8) is 0 Å². The molecule has 1 aliphatic heterocycles. The molecule has 0 radical (unpaired) electrons. The molecular weight excluding hydrogens is 346 g/mol. The predicted octanol–water partition coefficient (Wildman–Crippen LogP) is 2.55. The molecule has 1 heterocycles. The van der Waals surface area contributed by atoms with Gasteiger partial charge in [0.25, 0.3) is 5.91 Å². The van der Waals surface area contributed by atoms with Crippen molar-refractivity contribution in [1.29, 1.82) is 0 Å². The van der Waals surface area contributed by atoms with E-state index in [1.807, 2.05) is 19.0 Å². The van der Waals surface area contributed by atoms with E-state index in [0.29, 0.717) is 16.9 Å².